The number of hydrogen-bond acceptors (Lipinski definition) is 8. The molecule has 0 radical (unpaired) electrons. The van der Waals surface area contributed by atoms with Gasteiger partial charge in [-0.05, 0) is 25.8 Å². The van der Waals surface area contributed by atoms with E-state index >= 15 is 0 Å². The summed E-state index contributed by atoms with van der Waals surface area (Å²) in [5.74, 6) is 0.730. The number of nitrogen functional groups attached to an aromatic ring is 1. The third-order valence-electron chi connectivity index (χ3n) is 4.07. The van der Waals surface area contributed by atoms with Gasteiger partial charge in [0.2, 0.25) is 5.95 Å². The van der Waals surface area contributed by atoms with E-state index in [0.29, 0.717) is 23.2 Å². The molecule has 9 heteroatoms. The molecule has 2 aliphatic heterocycles. The SMILES string of the molecule is Nc1ncc(Cl)c(-c2cnc(C3CCNC3)s2)n1.OC1CCCOC1. The van der Waals surface area contributed by atoms with Gasteiger partial charge in [-0.3, -0.25) is 0 Å². The maximum atomic E-state index is 8.78. The van der Waals surface area contributed by atoms with Crippen molar-refractivity contribution >= 4 is 28.9 Å². The van der Waals surface area contributed by atoms with Crippen LogP contribution in [0.3, 0.4) is 0 Å². The first-order valence-corrected chi connectivity index (χ1v) is 9.53. The highest BCUT2D eigenvalue weighted by molar-refractivity contribution is 7.15. The lowest BCUT2D eigenvalue weighted by Gasteiger charge is -2.15. The van der Waals surface area contributed by atoms with Gasteiger partial charge in [0.15, 0.2) is 0 Å². The molecule has 0 amide bonds. The Labute approximate surface area is 155 Å². The molecule has 2 aromatic heterocycles. The standard InChI is InChI=1S/C11H12ClN5S.C5H10O2/c12-7-4-16-11(13)17-9(7)8-5-15-10(18-8)6-1-2-14-3-6;6-5-2-1-3-7-4-5/h4-6,14H,1-3H2,(H2,13,16,17);5-6H,1-4H2. The molecular weight excluding hydrogens is 362 g/mol. The van der Waals surface area contributed by atoms with Crippen LogP contribution in [-0.2, 0) is 4.74 Å². The van der Waals surface area contributed by atoms with Gasteiger partial charge in [0, 0.05) is 25.3 Å². The van der Waals surface area contributed by atoms with Gasteiger partial charge in [0.1, 0.15) is 5.69 Å². The fourth-order valence-corrected chi connectivity index (χ4v) is 4.03. The summed E-state index contributed by atoms with van der Waals surface area (Å²) in [7, 11) is 0. The van der Waals surface area contributed by atoms with Crippen LogP contribution in [0.25, 0.3) is 10.6 Å². The van der Waals surface area contributed by atoms with Crippen LogP contribution in [-0.4, -0.2) is 52.5 Å². The Morgan fingerprint density at radius 3 is 2.84 bits per heavy atom. The van der Waals surface area contributed by atoms with Gasteiger partial charge in [-0.25, -0.2) is 15.0 Å². The van der Waals surface area contributed by atoms with E-state index in [1.807, 2.05) is 6.20 Å². The average Bonchev–Trinajstić information content (AvgIpc) is 3.29. The van der Waals surface area contributed by atoms with Crippen molar-refractivity contribution in [3.63, 3.8) is 0 Å². The summed E-state index contributed by atoms with van der Waals surface area (Å²) >= 11 is 7.71. The summed E-state index contributed by atoms with van der Waals surface area (Å²) in [6.07, 6.45) is 6.21. The first kappa shape index (κ1) is 18.5. The quantitative estimate of drug-likeness (QED) is 0.728. The molecule has 25 heavy (non-hydrogen) atoms. The molecule has 2 fully saturated rings. The van der Waals surface area contributed by atoms with Crippen molar-refractivity contribution < 1.29 is 9.84 Å². The summed E-state index contributed by atoms with van der Waals surface area (Å²) in [5.41, 5.74) is 6.25. The molecule has 4 rings (SSSR count). The first-order valence-electron chi connectivity index (χ1n) is 8.34. The third-order valence-corrected chi connectivity index (χ3v) is 5.51. The first-order chi connectivity index (χ1) is 12.1. The molecule has 0 aromatic carbocycles. The van der Waals surface area contributed by atoms with E-state index in [-0.39, 0.29) is 12.1 Å². The molecule has 136 valence electrons. The molecule has 2 aromatic rings. The summed E-state index contributed by atoms with van der Waals surface area (Å²) in [4.78, 5) is 13.4. The molecule has 0 spiro atoms. The van der Waals surface area contributed by atoms with E-state index in [1.165, 1.54) is 6.20 Å². The number of rotatable bonds is 2. The lowest BCUT2D eigenvalue weighted by molar-refractivity contribution is -0.00535. The summed E-state index contributed by atoms with van der Waals surface area (Å²) in [6.45, 7) is 3.42. The zero-order chi connectivity index (χ0) is 17.6. The molecule has 0 bridgehead atoms. The second kappa shape index (κ2) is 8.86. The second-order valence-electron chi connectivity index (χ2n) is 6.05. The highest BCUT2D eigenvalue weighted by Gasteiger charge is 2.21. The fourth-order valence-electron chi connectivity index (χ4n) is 2.73. The van der Waals surface area contributed by atoms with Gasteiger partial charge in [-0.15, -0.1) is 11.3 Å². The number of anilines is 1. The number of nitrogens with zero attached hydrogens (tertiary/aromatic N) is 3. The zero-order valence-corrected chi connectivity index (χ0v) is 15.4. The largest absolute Gasteiger partial charge is 0.391 e. The van der Waals surface area contributed by atoms with E-state index in [0.717, 1.165) is 48.8 Å². The number of halogens is 1. The predicted octanol–water partition coefficient (Wildman–Crippen LogP) is 2.07. The van der Waals surface area contributed by atoms with Crippen LogP contribution in [0.5, 0.6) is 0 Å². The van der Waals surface area contributed by atoms with Gasteiger partial charge in [0.25, 0.3) is 0 Å². The van der Waals surface area contributed by atoms with Gasteiger partial charge < -0.3 is 20.9 Å². The monoisotopic (exact) mass is 383 g/mol. The highest BCUT2D eigenvalue weighted by atomic mass is 35.5. The molecule has 4 N–H and O–H groups in total. The van der Waals surface area contributed by atoms with E-state index < -0.39 is 0 Å². The van der Waals surface area contributed by atoms with Crippen molar-refractivity contribution in [3.05, 3.63) is 22.4 Å². The van der Waals surface area contributed by atoms with Gasteiger partial charge >= 0.3 is 0 Å². The number of aliphatic hydroxyl groups is 1. The Morgan fingerprint density at radius 2 is 2.20 bits per heavy atom. The number of aliphatic hydroxyl groups excluding tert-OH is 1. The molecule has 2 aliphatic rings. The highest BCUT2D eigenvalue weighted by Crippen LogP contribution is 2.34. The normalized spacial score (nSPS) is 23.1. The van der Waals surface area contributed by atoms with Crippen molar-refractivity contribution in [3.8, 4) is 10.6 Å². The van der Waals surface area contributed by atoms with Crippen molar-refractivity contribution in [1.29, 1.82) is 0 Å². The van der Waals surface area contributed by atoms with E-state index in [9.17, 15) is 0 Å². The smallest absolute Gasteiger partial charge is 0.220 e. The van der Waals surface area contributed by atoms with E-state index in [2.05, 4.69) is 20.3 Å². The van der Waals surface area contributed by atoms with Gasteiger partial charge in [-0.2, -0.15) is 0 Å². The number of hydrogen-bond donors (Lipinski definition) is 3. The number of ether oxygens (including phenoxy) is 1. The minimum absolute atomic E-state index is 0.186. The Balaban J connectivity index is 0.000000219. The second-order valence-corrected chi connectivity index (χ2v) is 7.52. The van der Waals surface area contributed by atoms with Crippen molar-refractivity contribution in [2.45, 2.75) is 31.3 Å². The number of nitrogens with one attached hydrogen (secondary N) is 1. The van der Waals surface area contributed by atoms with Gasteiger partial charge in [0.05, 0.1) is 33.8 Å². The van der Waals surface area contributed by atoms with Crippen molar-refractivity contribution in [1.82, 2.24) is 20.3 Å². The van der Waals surface area contributed by atoms with Crippen LogP contribution < -0.4 is 11.1 Å². The number of thiazole rings is 1. The molecule has 2 atom stereocenters. The Morgan fingerprint density at radius 1 is 1.32 bits per heavy atom. The maximum absolute atomic E-state index is 8.78. The lowest BCUT2D eigenvalue weighted by atomic mass is 10.1. The zero-order valence-electron chi connectivity index (χ0n) is 13.8. The predicted molar refractivity (Wildman–Crippen MR) is 98.8 cm³/mol. The van der Waals surface area contributed by atoms with Gasteiger partial charge in [-0.1, -0.05) is 11.6 Å². The molecule has 2 saturated heterocycles. The van der Waals surface area contributed by atoms with Crippen LogP contribution in [0.15, 0.2) is 12.4 Å². The van der Waals surface area contributed by atoms with Crippen molar-refractivity contribution in [2.75, 3.05) is 32.0 Å². The van der Waals surface area contributed by atoms with Crippen molar-refractivity contribution in [2.24, 2.45) is 0 Å². The van der Waals surface area contributed by atoms with E-state index in [1.54, 1.807) is 11.3 Å². The summed E-state index contributed by atoms with van der Waals surface area (Å²) in [5, 5.41) is 13.8. The van der Waals surface area contributed by atoms with Crippen LogP contribution >= 0.6 is 22.9 Å². The molecule has 0 aliphatic carbocycles. The molecule has 2 unspecified atom stereocenters. The minimum atomic E-state index is -0.186. The van der Waals surface area contributed by atoms with Crippen LogP contribution in [0.2, 0.25) is 5.02 Å². The Kier molecular flexibility index (Phi) is 6.55. The number of aromatic nitrogens is 3. The topological polar surface area (TPSA) is 106 Å². The molecule has 0 saturated carbocycles. The summed E-state index contributed by atoms with van der Waals surface area (Å²) < 4.78 is 4.93. The Hall–Kier alpha value is -1.32. The lowest BCUT2D eigenvalue weighted by Crippen LogP contribution is -2.21. The van der Waals surface area contributed by atoms with Crippen LogP contribution in [0.4, 0.5) is 5.95 Å². The van der Waals surface area contributed by atoms with Crippen LogP contribution in [0.1, 0.15) is 30.2 Å². The number of nitrogens with two attached hydrogens (primary N) is 1. The fraction of sp³-hybridized carbons (Fsp3) is 0.562. The third kappa shape index (κ3) is 5.08. The molecular formula is C16H22ClN5O2S. The minimum Gasteiger partial charge on any atom is -0.391 e. The average molecular weight is 384 g/mol. The maximum Gasteiger partial charge on any atom is 0.220 e. The summed E-state index contributed by atoms with van der Waals surface area (Å²) in [6, 6.07) is 0. The molecule has 4 heterocycles. The van der Waals surface area contributed by atoms with Crippen LogP contribution in [0, 0.1) is 0 Å². The molecule has 7 nitrogen and oxygen atoms in total. The Bertz CT molecular complexity index is 687. The van der Waals surface area contributed by atoms with E-state index in [4.69, 9.17) is 27.2 Å².